The Labute approximate surface area is 144 Å². The summed E-state index contributed by atoms with van der Waals surface area (Å²) in [5, 5.41) is 6.08. The molecule has 0 aromatic heterocycles. The summed E-state index contributed by atoms with van der Waals surface area (Å²) < 4.78 is 27.8. The number of rotatable bonds is 5. The van der Waals surface area contributed by atoms with Gasteiger partial charge in [-0.3, -0.25) is 4.79 Å². The van der Waals surface area contributed by atoms with Crippen LogP contribution >= 0.6 is 0 Å². The lowest BCUT2D eigenvalue weighted by atomic mass is 9.99. The van der Waals surface area contributed by atoms with Crippen molar-refractivity contribution in [3.8, 4) is 0 Å². The van der Waals surface area contributed by atoms with Gasteiger partial charge in [0, 0.05) is 18.6 Å². The number of piperidine rings is 1. The molecule has 1 aromatic rings. The molecule has 0 radical (unpaired) electrons. The number of benzene rings is 1. The van der Waals surface area contributed by atoms with E-state index in [4.69, 9.17) is 0 Å². The minimum atomic E-state index is -3.64. The van der Waals surface area contributed by atoms with Crippen molar-refractivity contribution in [1.82, 2.24) is 15.4 Å². The van der Waals surface area contributed by atoms with Gasteiger partial charge in [-0.25, -0.2) is 13.1 Å². The van der Waals surface area contributed by atoms with E-state index in [1.54, 1.807) is 45.0 Å². The fourth-order valence-corrected chi connectivity index (χ4v) is 4.43. The number of hydrogen-bond donors (Lipinski definition) is 3. The monoisotopic (exact) mass is 353 g/mol. The van der Waals surface area contributed by atoms with E-state index < -0.39 is 15.6 Å². The molecular formula is C17H27N3O3S. The number of carbonyl (C=O) groups excluding carboxylic acids is 1. The van der Waals surface area contributed by atoms with Gasteiger partial charge < -0.3 is 10.6 Å². The van der Waals surface area contributed by atoms with Crippen LogP contribution < -0.4 is 15.4 Å². The Balaban J connectivity index is 2.10. The molecule has 1 amide bonds. The molecule has 2 rings (SSSR count). The van der Waals surface area contributed by atoms with Gasteiger partial charge in [0.05, 0.1) is 10.8 Å². The zero-order valence-corrected chi connectivity index (χ0v) is 15.4. The summed E-state index contributed by atoms with van der Waals surface area (Å²) in [4.78, 5) is 12.5. The van der Waals surface area contributed by atoms with Crippen LogP contribution in [0.1, 0.15) is 39.2 Å². The minimum Gasteiger partial charge on any atom is -0.352 e. The molecule has 24 heavy (non-hydrogen) atoms. The van der Waals surface area contributed by atoms with Crippen molar-refractivity contribution in [1.29, 1.82) is 0 Å². The largest absolute Gasteiger partial charge is 0.352 e. The standard InChI is InChI=1S/C17H27N3O3S/c1-17(2,3)20-24(22,23)15-9-5-4-7-13(15)12-19-16(21)14-8-6-10-18-11-14/h4-5,7,9,14,18,20H,6,8,10-12H2,1-3H3,(H,19,21). The lowest BCUT2D eigenvalue weighted by Crippen LogP contribution is -2.42. The smallest absolute Gasteiger partial charge is 0.241 e. The Kier molecular flexibility index (Phi) is 6.01. The second kappa shape index (κ2) is 7.63. The minimum absolute atomic E-state index is 0.0295. The van der Waals surface area contributed by atoms with Gasteiger partial charge in [0.25, 0.3) is 0 Å². The molecule has 7 heteroatoms. The second-order valence-corrected chi connectivity index (χ2v) is 8.88. The van der Waals surface area contributed by atoms with Crippen molar-refractivity contribution in [3.63, 3.8) is 0 Å². The van der Waals surface area contributed by atoms with Gasteiger partial charge >= 0.3 is 0 Å². The highest BCUT2D eigenvalue weighted by Gasteiger charge is 2.25. The SMILES string of the molecule is CC(C)(C)NS(=O)(=O)c1ccccc1CNC(=O)C1CCCNC1. The van der Waals surface area contributed by atoms with Gasteiger partial charge in [-0.1, -0.05) is 18.2 Å². The number of carbonyl (C=O) groups is 1. The molecule has 134 valence electrons. The average molecular weight is 353 g/mol. The quantitative estimate of drug-likeness (QED) is 0.746. The normalized spacial score (nSPS) is 19.0. The van der Waals surface area contributed by atoms with Crippen LogP contribution in [0, 0.1) is 5.92 Å². The Bertz CT molecular complexity index is 675. The van der Waals surface area contributed by atoms with Gasteiger partial charge in [-0.15, -0.1) is 0 Å². The van der Waals surface area contributed by atoms with Gasteiger partial charge in [0.2, 0.25) is 15.9 Å². The molecule has 1 aliphatic rings. The highest BCUT2D eigenvalue weighted by molar-refractivity contribution is 7.89. The molecular weight excluding hydrogens is 326 g/mol. The first-order chi connectivity index (χ1) is 11.2. The number of sulfonamides is 1. The van der Waals surface area contributed by atoms with Crippen LogP contribution in [0.2, 0.25) is 0 Å². The van der Waals surface area contributed by atoms with E-state index in [0.29, 0.717) is 12.1 Å². The van der Waals surface area contributed by atoms with E-state index in [1.165, 1.54) is 0 Å². The van der Waals surface area contributed by atoms with E-state index in [2.05, 4.69) is 15.4 Å². The first-order valence-corrected chi connectivity index (χ1v) is 9.78. The zero-order valence-electron chi connectivity index (χ0n) is 14.6. The third-order valence-corrected chi connectivity index (χ3v) is 5.68. The summed E-state index contributed by atoms with van der Waals surface area (Å²) in [6, 6.07) is 6.77. The fourth-order valence-electron chi connectivity index (χ4n) is 2.77. The maximum Gasteiger partial charge on any atom is 0.241 e. The third-order valence-electron chi connectivity index (χ3n) is 3.82. The van der Waals surface area contributed by atoms with Gasteiger partial charge in [0.1, 0.15) is 0 Å². The predicted molar refractivity (Wildman–Crippen MR) is 94.0 cm³/mol. The Morgan fingerprint density at radius 1 is 1.29 bits per heavy atom. The van der Waals surface area contributed by atoms with Crippen LogP contribution in [-0.2, 0) is 21.4 Å². The lowest BCUT2D eigenvalue weighted by Gasteiger charge is -2.23. The van der Waals surface area contributed by atoms with E-state index in [1.807, 2.05) is 0 Å². The Morgan fingerprint density at radius 3 is 2.62 bits per heavy atom. The maximum atomic E-state index is 12.6. The van der Waals surface area contributed by atoms with Crippen molar-refractivity contribution in [2.45, 2.75) is 50.6 Å². The second-order valence-electron chi connectivity index (χ2n) is 7.22. The summed E-state index contributed by atoms with van der Waals surface area (Å²) in [7, 11) is -3.64. The Morgan fingerprint density at radius 2 is 2.00 bits per heavy atom. The van der Waals surface area contributed by atoms with Crippen molar-refractivity contribution in [2.24, 2.45) is 5.92 Å². The first-order valence-electron chi connectivity index (χ1n) is 8.29. The van der Waals surface area contributed by atoms with Crippen molar-refractivity contribution < 1.29 is 13.2 Å². The number of nitrogens with one attached hydrogen (secondary N) is 3. The average Bonchev–Trinajstić information content (AvgIpc) is 2.51. The molecule has 3 N–H and O–H groups in total. The molecule has 1 aliphatic heterocycles. The molecule has 0 spiro atoms. The molecule has 1 unspecified atom stereocenters. The van der Waals surface area contributed by atoms with Crippen LogP contribution in [0.25, 0.3) is 0 Å². The zero-order chi connectivity index (χ0) is 17.8. The highest BCUT2D eigenvalue weighted by atomic mass is 32.2. The van der Waals surface area contributed by atoms with E-state index >= 15 is 0 Å². The summed E-state index contributed by atoms with van der Waals surface area (Å²) in [5.74, 6) is -0.0756. The summed E-state index contributed by atoms with van der Waals surface area (Å²) in [6.07, 6.45) is 1.85. The van der Waals surface area contributed by atoms with Crippen LogP contribution in [0.5, 0.6) is 0 Å². The molecule has 1 fully saturated rings. The first kappa shape index (κ1) is 18.9. The molecule has 1 heterocycles. The van der Waals surface area contributed by atoms with Crippen molar-refractivity contribution in [3.05, 3.63) is 29.8 Å². The maximum absolute atomic E-state index is 12.6. The van der Waals surface area contributed by atoms with Crippen molar-refractivity contribution in [2.75, 3.05) is 13.1 Å². The van der Waals surface area contributed by atoms with Gasteiger partial charge in [-0.2, -0.15) is 0 Å². The van der Waals surface area contributed by atoms with Crippen molar-refractivity contribution >= 4 is 15.9 Å². The molecule has 6 nitrogen and oxygen atoms in total. The van der Waals surface area contributed by atoms with E-state index in [9.17, 15) is 13.2 Å². The molecule has 0 saturated carbocycles. The van der Waals surface area contributed by atoms with Crippen LogP contribution in [0.15, 0.2) is 29.2 Å². The molecule has 0 bridgehead atoms. The van der Waals surface area contributed by atoms with Gasteiger partial charge in [0.15, 0.2) is 0 Å². The highest BCUT2D eigenvalue weighted by Crippen LogP contribution is 2.18. The summed E-state index contributed by atoms with van der Waals surface area (Å²) in [6.45, 7) is 7.22. The van der Waals surface area contributed by atoms with E-state index in [0.717, 1.165) is 19.4 Å². The van der Waals surface area contributed by atoms with Crippen LogP contribution in [-0.4, -0.2) is 33.0 Å². The van der Waals surface area contributed by atoms with Crippen LogP contribution in [0.4, 0.5) is 0 Å². The fraction of sp³-hybridized carbons (Fsp3) is 0.588. The topological polar surface area (TPSA) is 87.3 Å². The summed E-state index contributed by atoms with van der Waals surface area (Å²) >= 11 is 0. The summed E-state index contributed by atoms with van der Waals surface area (Å²) in [5.41, 5.74) is 0.0227. The third kappa shape index (κ3) is 5.29. The molecule has 1 aromatic carbocycles. The van der Waals surface area contributed by atoms with Crippen LogP contribution in [0.3, 0.4) is 0 Å². The lowest BCUT2D eigenvalue weighted by molar-refractivity contribution is -0.125. The number of amides is 1. The predicted octanol–water partition coefficient (Wildman–Crippen LogP) is 1.38. The molecule has 1 saturated heterocycles. The molecule has 0 aliphatic carbocycles. The molecule has 1 atom stereocenters. The van der Waals surface area contributed by atoms with E-state index in [-0.39, 0.29) is 23.3 Å². The Hall–Kier alpha value is -1.44. The van der Waals surface area contributed by atoms with Gasteiger partial charge in [-0.05, 0) is 51.8 Å². The number of hydrogen-bond acceptors (Lipinski definition) is 4.